The molecule has 5 aliphatic rings. The molecule has 6 nitrogen and oxygen atoms in total. The SMILES string of the molecule is O=C(c1ccc(Cl)cc1)[C@H](CCCl)N(C(=O)c1ccc(Cl)cc1)N1C(=O)[C@@H]2[C@H]3C=C[C@@H]([C@@H]4C[C@@H]34)[C@H]2C1=O. The maximum atomic E-state index is 14.0. The van der Waals surface area contributed by atoms with Crippen molar-refractivity contribution >= 4 is 58.3 Å². The van der Waals surface area contributed by atoms with Crippen LogP contribution >= 0.6 is 34.8 Å². The second kappa shape index (κ2) is 9.26. The molecule has 7 rings (SSSR count). The van der Waals surface area contributed by atoms with Crippen LogP contribution in [0.4, 0.5) is 0 Å². The molecule has 0 aromatic heterocycles. The summed E-state index contributed by atoms with van der Waals surface area (Å²) in [5.74, 6) is -2.16. The monoisotopic (exact) mass is 556 g/mol. The van der Waals surface area contributed by atoms with E-state index in [2.05, 4.69) is 12.2 Å². The largest absolute Gasteiger partial charge is 0.292 e. The maximum Gasteiger partial charge on any atom is 0.273 e. The van der Waals surface area contributed by atoms with E-state index in [9.17, 15) is 19.2 Å². The molecule has 2 aromatic carbocycles. The Labute approximate surface area is 229 Å². The highest BCUT2D eigenvalue weighted by Gasteiger charge is 2.68. The number of carbonyl (C=O) groups is 4. The molecule has 9 heteroatoms. The molecule has 1 aliphatic heterocycles. The van der Waals surface area contributed by atoms with Gasteiger partial charge >= 0.3 is 0 Å². The summed E-state index contributed by atoms with van der Waals surface area (Å²) in [7, 11) is 0. The van der Waals surface area contributed by atoms with E-state index in [-0.39, 0.29) is 29.7 Å². The van der Waals surface area contributed by atoms with E-state index in [1.165, 1.54) is 12.1 Å². The smallest absolute Gasteiger partial charge is 0.273 e. The predicted octanol–water partition coefficient (Wildman–Crippen LogP) is 5.28. The number of ketones is 1. The van der Waals surface area contributed by atoms with Crippen molar-refractivity contribution in [3.8, 4) is 0 Å². The number of nitrogens with zero attached hydrogens (tertiary/aromatic N) is 2. The van der Waals surface area contributed by atoms with Gasteiger partial charge in [-0.05, 0) is 85.0 Å². The van der Waals surface area contributed by atoms with Crippen LogP contribution in [0.5, 0.6) is 0 Å². The van der Waals surface area contributed by atoms with Crippen molar-refractivity contribution in [1.29, 1.82) is 0 Å². The summed E-state index contributed by atoms with van der Waals surface area (Å²) in [6.07, 6.45) is 5.20. The van der Waals surface area contributed by atoms with E-state index in [4.69, 9.17) is 34.8 Å². The van der Waals surface area contributed by atoms with E-state index < -0.39 is 41.4 Å². The summed E-state index contributed by atoms with van der Waals surface area (Å²) in [6, 6.07) is 11.2. The molecule has 2 bridgehead atoms. The number of benzene rings is 2. The normalized spacial score (nSPS) is 29.6. The minimum absolute atomic E-state index is 0.0209. The van der Waals surface area contributed by atoms with Gasteiger partial charge in [0.2, 0.25) is 0 Å². The lowest BCUT2D eigenvalue weighted by atomic mass is 9.63. The van der Waals surface area contributed by atoms with Gasteiger partial charge in [-0.3, -0.25) is 19.2 Å². The summed E-state index contributed by atoms with van der Waals surface area (Å²) in [6.45, 7) is 0. The first-order valence-electron chi connectivity index (χ1n) is 12.3. The highest BCUT2D eigenvalue weighted by Crippen LogP contribution is 2.65. The first kappa shape index (κ1) is 24.7. The standard InChI is InChI=1S/C28H23Cl3N2O4/c29-12-11-22(25(34)14-1-5-16(30)6-2-14)32(26(35)15-3-7-17(31)8-4-15)33-27(36)23-18-9-10-19(21-13-20(18)21)24(23)28(33)37/h1-10,18-24H,11-13H2/t18-,19-,20-,21-,22-,23+,24+/m0/s1. The van der Waals surface area contributed by atoms with E-state index >= 15 is 0 Å². The number of imide groups is 1. The van der Waals surface area contributed by atoms with Crippen molar-refractivity contribution in [3.05, 3.63) is 81.9 Å². The highest BCUT2D eigenvalue weighted by molar-refractivity contribution is 6.31. The van der Waals surface area contributed by atoms with Gasteiger partial charge in [0.15, 0.2) is 5.78 Å². The quantitative estimate of drug-likeness (QED) is 0.201. The summed E-state index contributed by atoms with van der Waals surface area (Å²) < 4.78 is 0. The third-order valence-corrected chi connectivity index (χ3v) is 8.99. The van der Waals surface area contributed by atoms with Crippen LogP contribution in [0.25, 0.3) is 0 Å². The van der Waals surface area contributed by atoms with Crippen molar-refractivity contribution in [2.75, 3.05) is 5.88 Å². The number of amides is 3. The van der Waals surface area contributed by atoms with Crippen molar-refractivity contribution in [1.82, 2.24) is 10.0 Å². The van der Waals surface area contributed by atoms with Crippen LogP contribution in [0.3, 0.4) is 0 Å². The fraction of sp³-hybridized carbons (Fsp3) is 0.357. The average Bonchev–Trinajstić information content (AvgIpc) is 3.68. The number of halogens is 3. The van der Waals surface area contributed by atoms with Crippen LogP contribution in [-0.4, -0.2) is 45.4 Å². The third-order valence-electron chi connectivity index (χ3n) is 8.26. The summed E-state index contributed by atoms with van der Waals surface area (Å²) >= 11 is 18.2. The van der Waals surface area contributed by atoms with Crippen molar-refractivity contribution in [2.45, 2.75) is 18.9 Å². The molecule has 2 aromatic rings. The Morgan fingerprint density at radius 3 is 1.81 bits per heavy atom. The number of allylic oxidation sites excluding steroid dienone is 2. The highest BCUT2D eigenvalue weighted by atomic mass is 35.5. The Hall–Kier alpha value is -2.67. The molecule has 0 radical (unpaired) electrons. The molecule has 0 unspecified atom stereocenters. The number of hydrazine groups is 1. The lowest BCUT2D eigenvalue weighted by Crippen LogP contribution is -2.57. The lowest BCUT2D eigenvalue weighted by Gasteiger charge is -2.37. The molecule has 2 saturated carbocycles. The molecule has 3 fully saturated rings. The molecule has 3 amide bonds. The molecular weight excluding hydrogens is 535 g/mol. The topological polar surface area (TPSA) is 74.8 Å². The Morgan fingerprint density at radius 1 is 0.838 bits per heavy atom. The molecule has 37 heavy (non-hydrogen) atoms. The number of alkyl halides is 1. The Kier molecular flexibility index (Phi) is 6.17. The maximum absolute atomic E-state index is 14.0. The van der Waals surface area contributed by atoms with Crippen molar-refractivity contribution < 1.29 is 19.2 Å². The molecular formula is C28H23Cl3N2O4. The molecule has 1 heterocycles. The van der Waals surface area contributed by atoms with Gasteiger partial charge in [-0.25, -0.2) is 5.01 Å². The number of Topliss-reactive ketones (excluding diaryl/α,β-unsaturated/α-hetero) is 1. The van der Waals surface area contributed by atoms with E-state index in [0.717, 1.165) is 16.4 Å². The number of hydrogen-bond donors (Lipinski definition) is 0. The van der Waals surface area contributed by atoms with Crippen molar-refractivity contribution in [2.24, 2.45) is 35.5 Å². The van der Waals surface area contributed by atoms with Crippen LogP contribution in [-0.2, 0) is 9.59 Å². The van der Waals surface area contributed by atoms with Gasteiger partial charge in [0.05, 0.1) is 11.8 Å². The summed E-state index contributed by atoms with van der Waals surface area (Å²) in [5.41, 5.74) is 0.500. The number of hydrogen-bond acceptors (Lipinski definition) is 4. The zero-order chi connectivity index (χ0) is 26.0. The molecule has 190 valence electrons. The van der Waals surface area contributed by atoms with Crippen molar-refractivity contribution in [3.63, 3.8) is 0 Å². The second-order valence-corrected chi connectivity index (χ2v) is 11.4. The second-order valence-electron chi connectivity index (χ2n) is 10.2. The fourth-order valence-corrected chi connectivity index (χ4v) is 6.98. The average molecular weight is 558 g/mol. The van der Waals surface area contributed by atoms with Gasteiger partial charge in [0.1, 0.15) is 6.04 Å². The minimum Gasteiger partial charge on any atom is -0.292 e. The van der Waals surface area contributed by atoms with Crippen LogP contribution in [0, 0.1) is 35.5 Å². The zero-order valence-corrected chi connectivity index (χ0v) is 21.9. The number of rotatable bonds is 7. The van der Waals surface area contributed by atoms with Crippen LogP contribution in [0.2, 0.25) is 10.0 Å². The van der Waals surface area contributed by atoms with E-state index in [1.807, 2.05) is 0 Å². The summed E-state index contributed by atoms with van der Waals surface area (Å²) in [5, 5.41) is 2.89. The lowest BCUT2D eigenvalue weighted by molar-refractivity contribution is -0.157. The van der Waals surface area contributed by atoms with Crippen LogP contribution < -0.4 is 0 Å². The molecule has 7 atom stereocenters. The van der Waals surface area contributed by atoms with E-state index in [0.29, 0.717) is 27.4 Å². The van der Waals surface area contributed by atoms with E-state index in [1.54, 1.807) is 36.4 Å². The van der Waals surface area contributed by atoms with Gasteiger partial charge in [0.25, 0.3) is 17.7 Å². The Balaban J connectivity index is 1.43. The minimum atomic E-state index is -1.17. The first-order chi connectivity index (χ1) is 17.8. The van der Waals surface area contributed by atoms with Gasteiger partial charge in [0, 0.05) is 27.1 Å². The number of carbonyl (C=O) groups excluding carboxylic acids is 4. The first-order valence-corrected chi connectivity index (χ1v) is 13.6. The van der Waals surface area contributed by atoms with Gasteiger partial charge < -0.3 is 0 Å². The molecule has 0 N–H and O–H groups in total. The van der Waals surface area contributed by atoms with Crippen LogP contribution in [0.15, 0.2) is 60.7 Å². The molecule has 0 spiro atoms. The molecule has 4 aliphatic carbocycles. The van der Waals surface area contributed by atoms with Crippen LogP contribution in [0.1, 0.15) is 33.6 Å². The Bertz CT molecular complexity index is 1290. The van der Waals surface area contributed by atoms with Gasteiger partial charge in [-0.1, -0.05) is 35.4 Å². The fourth-order valence-electron chi connectivity index (χ4n) is 6.52. The van der Waals surface area contributed by atoms with Gasteiger partial charge in [-0.15, -0.1) is 11.6 Å². The zero-order valence-electron chi connectivity index (χ0n) is 19.6. The molecule has 1 saturated heterocycles. The summed E-state index contributed by atoms with van der Waals surface area (Å²) in [4.78, 5) is 55.7. The van der Waals surface area contributed by atoms with Gasteiger partial charge in [-0.2, -0.15) is 5.01 Å². The third kappa shape index (κ3) is 3.92. The Morgan fingerprint density at radius 2 is 1.32 bits per heavy atom. The predicted molar refractivity (Wildman–Crippen MR) is 139 cm³/mol.